The van der Waals surface area contributed by atoms with Crippen LogP contribution in [0.25, 0.3) is 0 Å². The fourth-order valence-electron chi connectivity index (χ4n) is 4.24. The molecule has 1 aliphatic carbocycles. The largest absolute Gasteiger partial charge is 0.371 e. The molecule has 0 spiro atoms. The minimum atomic E-state index is -0.353. The highest BCUT2D eigenvalue weighted by Gasteiger charge is 2.50. The molecule has 25 heavy (non-hydrogen) atoms. The topological polar surface area (TPSA) is 26.3 Å². The number of ketones is 1. The van der Waals surface area contributed by atoms with Crippen molar-refractivity contribution in [1.29, 1.82) is 0 Å². The second-order valence-electron chi connectivity index (χ2n) is 7.38. The maximum Gasteiger partial charge on any atom is 0.170 e. The second kappa shape index (κ2) is 5.92. The molecule has 1 heterocycles. The quantitative estimate of drug-likeness (QED) is 0.596. The molecule has 3 heteroatoms. The van der Waals surface area contributed by atoms with Gasteiger partial charge >= 0.3 is 0 Å². The maximum atomic E-state index is 13.4. The minimum Gasteiger partial charge on any atom is -0.371 e. The van der Waals surface area contributed by atoms with Gasteiger partial charge in [0.25, 0.3) is 0 Å². The molecule has 0 saturated carbocycles. The van der Waals surface area contributed by atoms with Crippen LogP contribution >= 0.6 is 0 Å². The number of rotatable bonds is 3. The Morgan fingerprint density at radius 1 is 1.08 bits per heavy atom. The standard InChI is InChI=1S/C22H21FO2/c1-22(2)19-12-17(21(24)15-6-4-3-5-7-15)20(18(19)13-25-22)14-8-10-16(23)11-9-14/h3-12,17-18,20H,13H2,1-2H3/t17-,18+,20+/m1/s1. The van der Waals surface area contributed by atoms with E-state index in [9.17, 15) is 9.18 Å². The number of fused-ring (bicyclic) bond motifs is 1. The van der Waals surface area contributed by atoms with Gasteiger partial charge in [-0.1, -0.05) is 48.5 Å². The molecule has 4 rings (SSSR count). The summed E-state index contributed by atoms with van der Waals surface area (Å²) in [6.45, 7) is 4.70. The van der Waals surface area contributed by atoms with Crippen molar-refractivity contribution in [3.05, 3.63) is 83.2 Å². The minimum absolute atomic E-state index is 0.00918. The van der Waals surface area contributed by atoms with Gasteiger partial charge < -0.3 is 4.74 Å². The van der Waals surface area contributed by atoms with Gasteiger partial charge in [-0.05, 0) is 37.1 Å². The molecule has 1 aliphatic heterocycles. The Labute approximate surface area is 147 Å². The highest BCUT2D eigenvalue weighted by atomic mass is 19.1. The predicted octanol–water partition coefficient (Wildman–Crippen LogP) is 4.77. The van der Waals surface area contributed by atoms with Crippen molar-refractivity contribution in [1.82, 2.24) is 0 Å². The molecule has 1 saturated heterocycles. The lowest BCUT2D eigenvalue weighted by Crippen LogP contribution is -2.23. The van der Waals surface area contributed by atoms with Crippen LogP contribution in [0.3, 0.4) is 0 Å². The summed E-state index contributed by atoms with van der Waals surface area (Å²) in [5.74, 6) is -0.226. The van der Waals surface area contributed by atoms with Gasteiger partial charge in [0.15, 0.2) is 5.78 Å². The first-order chi connectivity index (χ1) is 12.0. The first-order valence-corrected chi connectivity index (χ1v) is 8.68. The van der Waals surface area contributed by atoms with E-state index >= 15 is 0 Å². The third-order valence-electron chi connectivity index (χ3n) is 5.51. The summed E-state index contributed by atoms with van der Waals surface area (Å²) in [6, 6.07) is 15.9. The average Bonchev–Trinajstić information content (AvgIpc) is 3.14. The van der Waals surface area contributed by atoms with E-state index in [4.69, 9.17) is 4.74 Å². The average molecular weight is 336 g/mol. The van der Waals surface area contributed by atoms with Crippen LogP contribution in [-0.4, -0.2) is 18.0 Å². The number of benzene rings is 2. The van der Waals surface area contributed by atoms with Crippen molar-refractivity contribution < 1.29 is 13.9 Å². The second-order valence-corrected chi connectivity index (χ2v) is 7.38. The van der Waals surface area contributed by atoms with Gasteiger partial charge in [0.1, 0.15) is 5.82 Å². The van der Waals surface area contributed by atoms with Crippen LogP contribution in [-0.2, 0) is 4.74 Å². The van der Waals surface area contributed by atoms with E-state index in [0.717, 1.165) is 11.1 Å². The van der Waals surface area contributed by atoms with Crippen LogP contribution in [0.5, 0.6) is 0 Å². The van der Waals surface area contributed by atoms with Crippen LogP contribution in [0.15, 0.2) is 66.2 Å². The Balaban J connectivity index is 1.77. The smallest absolute Gasteiger partial charge is 0.170 e. The number of hydrogen-bond acceptors (Lipinski definition) is 2. The Morgan fingerprint density at radius 3 is 2.44 bits per heavy atom. The van der Waals surface area contributed by atoms with Gasteiger partial charge in [-0.3, -0.25) is 4.79 Å². The summed E-state index contributed by atoms with van der Waals surface area (Å²) in [4.78, 5) is 13.2. The first-order valence-electron chi connectivity index (χ1n) is 8.68. The van der Waals surface area contributed by atoms with Gasteiger partial charge in [0.05, 0.1) is 12.2 Å². The van der Waals surface area contributed by atoms with Crippen LogP contribution < -0.4 is 0 Å². The van der Waals surface area contributed by atoms with Crippen LogP contribution in [0.1, 0.15) is 35.7 Å². The number of allylic oxidation sites excluding steroid dienone is 1. The molecule has 2 aliphatic rings. The van der Waals surface area contributed by atoms with Crippen molar-refractivity contribution in [2.45, 2.75) is 25.4 Å². The van der Waals surface area contributed by atoms with Gasteiger partial charge in [-0.2, -0.15) is 0 Å². The molecule has 0 N–H and O–H groups in total. The monoisotopic (exact) mass is 336 g/mol. The van der Waals surface area contributed by atoms with Crippen molar-refractivity contribution in [2.24, 2.45) is 11.8 Å². The molecule has 0 unspecified atom stereocenters. The fourth-order valence-corrected chi connectivity index (χ4v) is 4.24. The molecule has 2 aromatic rings. The Bertz CT molecular complexity index is 821. The van der Waals surface area contributed by atoms with Crippen molar-refractivity contribution >= 4 is 5.78 Å². The van der Waals surface area contributed by atoms with E-state index in [2.05, 4.69) is 19.9 Å². The normalized spacial score (nSPS) is 27.0. The molecular formula is C22H21FO2. The summed E-state index contributed by atoms with van der Waals surface area (Å²) in [5, 5.41) is 0. The fraction of sp³-hybridized carbons (Fsp3) is 0.318. The molecule has 0 radical (unpaired) electrons. The lowest BCUT2D eigenvalue weighted by molar-refractivity contribution is 0.0454. The summed E-state index contributed by atoms with van der Waals surface area (Å²) in [7, 11) is 0. The number of carbonyl (C=O) groups is 1. The molecule has 0 bridgehead atoms. The predicted molar refractivity (Wildman–Crippen MR) is 95.0 cm³/mol. The molecule has 2 nitrogen and oxygen atoms in total. The molecule has 1 fully saturated rings. The van der Waals surface area contributed by atoms with E-state index in [-0.39, 0.29) is 35.0 Å². The molecule has 2 aromatic carbocycles. The number of carbonyl (C=O) groups excluding carboxylic acids is 1. The molecule has 0 aromatic heterocycles. The highest BCUT2D eigenvalue weighted by molar-refractivity contribution is 6.00. The van der Waals surface area contributed by atoms with Crippen molar-refractivity contribution in [2.75, 3.05) is 6.61 Å². The lowest BCUT2D eigenvalue weighted by Gasteiger charge is -2.24. The Hall–Kier alpha value is -2.26. The van der Waals surface area contributed by atoms with E-state index in [0.29, 0.717) is 6.61 Å². The summed E-state index contributed by atoms with van der Waals surface area (Å²) in [6.07, 6.45) is 2.10. The number of halogens is 1. The molecular weight excluding hydrogens is 315 g/mol. The molecule has 0 amide bonds. The summed E-state index contributed by atoms with van der Waals surface area (Å²) in [5.41, 5.74) is 2.55. The van der Waals surface area contributed by atoms with E-state index in [1.165, 1.54) is 17.7 Å². The first kappa shape index (κ1) is 16.2. The van der Waals surface area contributed by atoms with E-state index in [1.54, 1.807) is 12.1 Å². The summed E-state index contributed by atoms with van der Waals surface area (Å²) >= 11 is 0. The lowest BCUT2D eigenvalue weighted by atomic mass is 9.77. The molecule has 3 atom stereocenters. The summed E-state index contributed by atoms with van der Waals surface area (Å²) < 4.78 is 19.3. The van der Waals surface area contributed by atoms with Gasteiger partial charge in [0.2, 0.25) is 0 Å². The maximum absolute atomic E-state index is 13.4. The van der Waals surface area contributed by atoms with E-state index in [1.807, 2.05) is 30.3 Å². The third-order valence-corrected chi connectivity index (χ3v) is 5.51. The highest BCUT2D eigenvalue weighted by Crippen LogP contribution is 2.52. The van der Waals surface area contributed by atoms with Gasteiger partial charge in [0, 0.05) is 23.3 Å². The molecule has 128 valence electrons. The third kappa shape index (κ3) is 2.73. The van der Waals surface area contributed by atoms with Gasteiger partial charge in [-0.25, -0.2) is 4.39 Å². The SMILES string of the molecule is CC1(C)OC[C@H]2C1=C[C@@H](C(=O)c1ccccc1)[C@@H]2c1ccc(F)cc1. The van der Waals surface area contributed by atoms with Crippen LogP contribution in [0.4, 0.5) is 4.39 Å². The Kier molecular flexibility index (Phi) is 3.84. The zero-order valence-corrected chi connectivity index (χ0v) is 14.4. The Morgan fingerprint density at radius 2 is 1.76 bits per heavy atom. The van der Waals surface area contributed by atoms with E-state index < -0.39 is 0 Å². The van der Waals surface area contributed by atoms with Crippen LogP contribution in [0.2, 0.25) is 0 Å². The van der Waals surface area contributed by atoms with Crippen LogP contribution in [0, 0.1) is 17.7 Å². The zero-order valence-electron chi connectivity index (χ0n) is 14.4. The number of ether oxygens (including phenoxy) is 1. The van der Waals surface area contributed by atoms with Crippen molar-refractivity contribution in [3.8, 4) is 0 Å². The zero-order chi connectivity index (χ0) is 17.6. The van der Waals surface area contributed by atoms with Gasteiger partial charge in [-0.15, -0.1) is 0 Å². The number of hydrogen-bond donors (Lipinski definition) is 0. The number of Topliss-reactive ketones (excluding diaryl/α,β-unsaturated/α-hetero) is 1. The van der Waals surface area contributed by atoms with Crippen molar-refractivity contribution in [3.63, 3.8) is 0 Å².